The van der Waals surface area contributed by atoms with Crippen LogP contribution in [0.1, 0.15) is 13.3 Å². The molecule has 1 aromatic rings. The number of aliphatic carboxylic acids is 1. The van der Waals surface area contributed by atoms with Crippen LogP contribution in [0, 0.1) is 5.41 Å². The summed E-state index contributed by atoms with van der Waals surface area (Å²) in [4.78, 5) is 24.7. The van der Waals surface area contributed by atoms with Crippen LogP contribution in [0.4, 0.5) is 0 Å². The molecule has 1 atom stereocenters. The highest BCUT2D eigenvalue weighted by molar-refractivity contribution is 5.81. The summed E-state index contributed by atoms with van der Waals surface area (Å²) in [6, 6.07) is 6.93. The lowest BCUT2D eigenvalue weighted by Gasteiger charge is -2.20. The number of carboxylic acid groups (broad SMARTS) is 1. The third-order valence-electron chi connectivity index (χ3n) is 3.76. The van der Waals surface area contributed by atoms with E-state index in [9.17, 15) is 9.59 Å². The van der Waals surface area contributed by atoms with E-state index < -0.39 is 11.4 Å². The van der Waals surface area contributed by atoms with Crippen molar-refractivity contribution in [3.8, 4) is 11.5 Å². The highest BCUT2D eigenvalue weighted by Gasteiger charge is 2.42. The van der Waals surface area contributed by atoms with E-state index in [-0.39, 0.29) is 19.1 Å². The lowest BCUT2D eigenvalue weighted by molar-refractivity contribution is -0.147. The molecule has 0 radical (unpaired) electrons. The number of nitrogens with zero attached hydrogens (tertiary/aromatic N) is 1. The van der Waals surface area contributed by atoms with Gasteiger partial charge in [-0.1, -0.05) is 0 Å². The fourth-order valence-electron chi connectivity index (χ4n) is 2.26. The van der Waals surface area contributed by atoms with Crippen LogP contribution >= 0.6 is 0 Å². The summed E-state index contributed by atoms with van der Waals surface area (Å²) < 4.78 is 10.4. The molecular weight excluding hydrogens is 274 g/mol. The van der Waals surface area contributed by atoms with Crippen molar-refractivity contribution in [3.05, 3.63) is 24.3 Å². The van der Waals surface area contributed by atoms with Gasteiger partial charge in [-0.3, -0.25) is 9.59 Å². The topological polar surface area (TPSA) is 76.1 Å². The molecular formula is C15H19NO5. The summed E-state index contributed by atoms with van der Waals surface area (Å²) in [6.07, 6.45) is 0.469. The maximum absolute atomic E-state index is 12.0. The van der Waals surface area contributed by atoms with Crippen LogP contribution in [0.15, 0.2) is 24.3 Å². The molecule has 114 valence electrons. The quantitative estimate of drug-likeness (QED) is 0.888. The molecule has 0 aromatic heterocycles. The smallest absolute Gasteiger partial charge is 0.311 e. The summed E-state index contributed by atoms with van der Waals surface area (Å²) in [5, 5.41) is 9.15. The van der Waals surface area contributed by atoms with Gasteiger partial charge in [-0.2, -0.15) is 0 Å². The monoisotopic (exact) mass is 293 g/mol. The number of rotatable bonds is 5. The first-order valence-electron chi connectivity index (χ1n) is 6.73. The molecule has 1 aliphatic heterocycles. The van der Waals surface area contributed by atoms with Gasteiger partial charge in [-0.25, -0.2) is 0 Å². The van der Waals surface area contributed by atoms with E-state index >= 15 is 0 Å². The molecule has 0 bridgehead atoms. The predicted molar refractivity (Wildman–Crippen MR) is 75.4 cm³/mol. The van der Waals surface area contributed by atoms with Gasteiger partial charge in [0.2, 0.25) is 0 Å². The Morgan fingerprint density at radius 1 is 1.29 bits per heavy atom. The first-order valence-corrected chi connectivity index (χ1v) is 6.73. The molecule has 1 N–H and O–H groups in total. The summed E-state index contributed by atoms with van der Waals surface area (Å²) in [5.74, 6) is 0.222. The van der Waals surface area contributed by atoms with Crippen molar-refractivity contribution in [1.29, 1.82) is 0 Å². The Bertz CT molecular complexity index is 527. The van der Waals surface area contributed by atoms with Gasteiger partial charge >= 0.3 is 5.97 Å². The summed E-state index contributed by atoms with van der Waals surface area (Å²) in [5.41, 5.74) is -0.851. The second kappa shape index (κ2) is 6.03. The van der Waals surface area contributed by atoms with E-state index in [4.69, 9.17) is 14.6 Å². The summed E-state index contributed by atoms with van der Waals surface area (Å²) >= 11 is 0. The maximum atomic E-state index is 12.0. The molecule has 1 heterocycles. The van der Waals surface area contributed by atoms with E-state index in [1.54, 1.807) is 38.3 Å². The van der Waals surface area contributed by atoms with Crippen LogP contribution < -0.4 is 9.47 Å². The van der Waals surface area contributed by atoms with Gasteiger partial charge in [-0.05, 0) is 37.6 Å². The molecule has 0 aliphatic carbocycles. The molecule has 0 saturated carbocycles. The van der Waals surface area contributed by atoms with Crippen molar-refractivity contribution in [2.24, 2.45) is 5.41 Å². The fraction of sp³-hybridized carbons (Fsp3) is 0.467. The number of hydrogen-bond acceptors (Lipinski definition) is 4. The molecule has 1 aliphatic rings. The highest BCUT2D eigenvalue weighted by atomic mass is 16.5. The highest BCUT2D eigenvalue weighted by Crippen LogP contribution is 2.30. The second-order valence-corrected chi connectivity index (χ2v) is 5.40. The Morgan fingerprint density at radius 3 is 2.43 bits per heavy atom. The molecule has 2 rings (SSSR count). The SMILES string of the molecule is COc1ccc(OCC(=O)N2CCC(C)(C(=O)O)C2)cc1. The van der Waals surface area contributed by atoms with Crippen LogP contribution in [-0.2, 0) is 9.59 Å². The number of amides is 1. The zero-order valence-corrected chi connectivity index (χ0v) is 12.2. The molecule has 0 spiro atoms. The average Bonchev–Trinajstić information content (AvgIpc) is 2.89. The lowest BCUT2D eigenvalue weighted by Crippen LogP contribution is -2.37. The van der Waals surface area contributed by atoms with Crippen molar-refractivity contribution in [2.75, 3.05) is 26.8 Å². The van der Waals surface area contributed by atoms with Crippen molar-refractivity contribution in [1.82, 2.24) is 4.90 Å². The van der Waals surface area contributed by atoms with Gasteiger partial charge in [0.15, 0.2) is 6.61 Å². The first-order chi connectivity index (χ1) is 9.94. The minimum absolute atomic E-state index is 0.0952. The molecule has 6 heteroatoms. The van der Waals surface area contributed by atoms with Crippen LogP contribution in [0.2, 0.25) is 0 Å². The fourth-order valence-corrected chi connectivity index (χ4v) is 2.26. The Kier molecular flexibility index (Phi) is 4.35. The van der Waals surface area contributed by atoms with E-state index in [1.165, 1.54) is 4.90 Å². The summed E-state index contributed by atoms with van der Waals surface area (Å²) in [6.45, 7) is 2.25. The molecule has 1 unspecified atom stereocenters. The number of carbonyl (C=O) groups excluding carboxylic acids is 1. The van der Waals surface area contributed by atoms with Gasteiger partial charge in [0.25, 0.3) is 5.91 Å². The van der Waals surface area contributed by atoms with Gasteiger partial charge in [0.05, 0.1) is 12.5 Å². The molecule has 1 aromatic carbocycles. The zero-order chi connectivity index (χ0) is 15.5. The van der Waals surface area contributed by atoms with Crippen LogP contribution in [-0.4, -0.2) is 48.7 Å². The Balaban J connectivity index is 1.86. The molecule has 1 amide bonds. The molecule has 21 heavy (non-hydrogen) atoms. The first kappa shape index (κ1) is 15.2. The molecule has 6 nitrogen and oxygen atoms in total. The van der Waals surface area contributed by atoms with Gasteiger partial charge in [-0.15, -0.1) is 0 Å². The van der Waals surface area contributed by atoms with Gasteiger partial charge in [0.1, 0.15) is 11.5 Å². The predicted octanol–water partition coefficient (Wildman–Crippen LogP) is 1.40. The largest absolute Gasteiger partial charge is 0.497 e. The summed E-state index contributed by atoms with van der Waals surface area (Å²) in [7, 11) is 1.58. The van der Waals surface area contributed by atoms with Crippen molar-refractivity contribution >= 4 is 11.9 Å². The third kappa shape index (κ3) is 3.45. The minimum atomic E-state index is -0.867. The van der Waals surface area contributed by atoms with E-state index in [1.807, 2.05) is 0 Å². The van der Waals surface area contributed by atoms with Gasteiger partial charge < -0.3 is 19.5 Å². The molecule has 1 saturated heterocycles. The lowest BCUT2D eigenvalue weighted by atomic mass is 9.90. The van der Waals surface area contributed by atoms with Crippen molar-refractivity contribution in [3.63, 3.8) is 0 Å². The standard InChI is InChI=1S/C15H19NO5/c1-15(14(18)19)7-8-16(10-15)13(17)9-21-12-5-3-11(20-2)4-6-12/h3-6H,7-10H2,1-2H3,(H,18,19). The Hall–Kier alpha value is -2.24. The Labute approximate surface area is 123 Å². The number of carboxylic acids is 1. The maximum Gasteiger partial charge on any atom is 0.311 e. The van der Waals surface area contributed by atoms with E-state index in [2.05, 4.69) is 0 Å². The van der Waals surface area contributed by atoms with Gasteiger partial charge in [0, 0.05) is 13.1 Å². The van der Waals surface area contributed by atoms with E-state index in [0.29, 0.717) is 24.5 Å². The zero-order valence-electron chi connectivity index (χ0n) is 12.2. The van der Waals surface area contributed by atoms with Crippen LogP contribution in [0.5, 0.6) is 11.5 Å². The number of hydrogen-bond donors (Lipinski definition) is 1. The van der Waals surface area contributed by atoms with E-state index in [0.717, 1.165) is 0 Å². The van der Waals surface area contributed by atoms with Crippen molar-refractivity contribution < 1.29 is 24.2 Å². The minimum Gasteiger partial charge on any atom is -0.497 e. The number of ether oxygens (including phenoxy) is 2. The van der Waals surface area contributed by atoms with Crippen molar-refractivity contribution in [2.45, 2.75) is 13.3 Å². The normalized spacial score (nSPS) is 21.1. The number of benzene rings is 1. The Morgan fingerprint density at radius 2 is 1.90 bits per heavy atom. The average molecular weight is 293 g/mol. The van der Waals surface area contributed by atoms with Crippen LogP contribution in [0.3, 0.4) is 0 Å². The number of carbonyl (C=O) groups is 2. The number of methoxy groups -OCH3 is 1. The van der Waals surface area contributed by atoms with Crippen LogP contribution in [0.25, 0.3) is 0 Å². The molecule has 1 fully saturated rings. The number of likely N-dealkylation sites (tertiary alicyclic amines) is 1. The third-order valence-corrected chi connectivity index (χ3v) is 3.76. The second-order valence-electron chi connectivity index (χ2n) is 5.40.